The molecule has 0 heterocycles. The number of benzene rings is 1. The predicted molar refractivity (Wildman–Crippen MR) is 86.3 cm³/mol. The van der Waals surface area contributed by atoms with Crippen molar-refractivity contribution in [1.29, 1.82) is 0 Å². The predicted octanol–water partition coefficient (Wildman–Crippen LogP) is 1.64. The van der Waals surface area contributed by atoms with Gasteiger partial charge in [0.1, 0.15) is 0 Å². The van der Waals surface area contributed by atoms with Gasteiger partial charge in [-0.15, -0.1) is 0 Å². The maximum absolute atomic E-state index is 12.8. The van der Waals surface area contributed by atoms with Crippen LogP contribution in [0.15, 0.2) is 34.1 Å². The van der Waals surface area contributed by atoms with E-state index in [-0.39, 0.29) is 21.6 Å². The van der Waals surface area contributed by atoms with Gasteiger partial charge in [0.25, 0.3) is 0 Å². The third-order valence-corrected chi connectivity index (χ3v) is 5.65. The van der Waals surface area contributed by atoms with Crippen LogP contribution >= 0.6 is 0 Å². The van der Waals surface area contributed by atoms with Gasteiger partial charge in [-0.05, 0) is 30.0 Å². The summed E-state index contributed by atoms with van der Waals surface area (Å²) in [4.78, 5) is -0.261. The van der Waals surface area contributed by atoms with Crippen molar-refractivity contribution < 1.29 is 16.8 Å². The molecule has 6 nitrogen and oxygen atoms in total. The van der Waals surface area contributed by atoms with Gasteiger partial charge in [-0.25, -0.2) is 22.0 Å². The molecule has 0 amide bonds. The van der Waals surface area contributed by atoms with Crippen molar-refractivity contribution in [2.75, 3.05) is 13.1 Å². The maximum Gasteiger partial charge on any atom is 0.243 e. The van der Waals surface area contributed by atoms with Crippen molar-refractivity contribution in [2.24, 2.45) is 17.0 Å². The van der Waals surface area contributed by atoms with E-state index in [1.54, 1.807) is 0 Å². The van der Waals surface area contributed by atoms with Gasteiger partial charge in [-0.2, -0.15) is 4.31 Å². The molecule has 0 unspecified atom stereocenters. The fraction of sp³-hybridized carbons (Fsp3) is 0.571. The van der Waals surface area contributed by atoms with E-state index in [2.05, 4.69) is 0 Å². The molecule has 1 rings (SSSR count). The van der Waals surface area contributed by atoms with Crippen LogP contribution in [0.3, 0.4) is 0 Å². The van der Waals surface area contributed by atoms with Crippen molar-refractivity contribution >= 4 is 20.0 Å². The summed E-state index contributed by atoms with van der Waals surface area (Å²) in [6.07, 6.45) is 0. The van der Waals surface area contributed by atoms with Crippen molar-refractivity contribution in [1.82, 2.24) is 4.31 Å². The largest absolute Gasteiger partial charge is 0.243 e. The Morgan fingerprint density at radius 1 is 0.955 bits per heavy atom. The van der Waals surface area contributed by atoms with Crippen molar-refractivity contribution in [2.45, 2.75) is 37.5 Å². The normalized spacial score (nSPS) is 13.3. The Bertz CT molecular complexity index is 700. The molecule has 0 aliphatic rings. The summed E-state index contributed by atoms with van der Waals surface area (Å²) in [6, 6.07) is 5.16. The van der Waals surface area contributed by atoms with Crippen LogP contribution in [-0.4, -0.2) is 34.2 Å². The van der Waals surface area contributed by atoms with Gasteiger partial charge in [0.05, 0.1) is 9.79 Å². The molecule has 126 valence electrons. The molecule has 0 bridgehead atoms. The molecule has 0 aromatic heterocycles. The molecule has 2 N–H and O–H groups in total. The Kier molecular flexibility index (Phi) is 6.14. The van der Waals surface area contributed by atoms with Crippen LogP contribution < -0.4 is 5.14 Å². The molecule has 1 aromatic carbocycles. The summed E-state index contributed by atoms with van der Waals surface area (Å²) in [5, 5.41) is 5.07. The molecule has 22 heavy (non-hydrogen) atoms. The Morgan fingerprint density at radius 3 is 1.82 bits per heavy atom. The molecular formula is C14H24N2O4S2. The Labute approximate surface area is 133 Å². The minimum atomic E-state index is -3.94. The summed E-state index contributed by atoms with van der Waals surface area (Å²) >= 11 is 0. The van der Waals surface area contributed by atoms with E-state index >= 15 is 0 Å². The third kappa shape index (κ3) is 5.05. The van der Waals surface area contributed by atoms with Crippen LogP contribution in [0.25, 0.3) is 0 Å². The molecule has 0 atom stereocenters. The monoisotopic (exact) mass is 348 g/mol. The van der Waals surface area contributed by atoms with Crippen molar-refractivity contribution in [3.63, 3.8) is 0 Å². The molecule has 1 aromatic rings. The number of primary sulfonamides is 1. The minimum Gasteiger partial charge on any atom is -0.225 e. The molecule has 8 heteroatoms. The van der Waals surface area contributed by atoms with Gasteiger partial charge in [-0.3, -0.25) is 0 Å². The number of hydrogen-bond acceptors (Lipinski definition) is 4. The lowest BCUT2D eigenvalue weighted by Crippen LogP contribution is -2.37. The summed E-state index contributed by atoms with van der Waals surface area (Å²) in [7, 11) is -7.70. The van der Waals surface area contributed by atoms with E-state index in [9.17, 15) is 16.8 Å². The number of nitrogens with zero attached hydrogens (tertiary/aromatic N) is 1. The van der Waals surface area contributed by atoms with Crippen LogP contribution in [0.1, 0.15) is 27.7 Å². The van der Waals surface area contributed by atoms with Crippen LogP contribution in [0.2, 0.25) is 0 Å². The average Bonchev–Trinajstić information content (AvgIpc) is 2.36. The fourth-order valence-corrected chi connectivity index (χ4v) is 4.49. The zero-order chi connectivity index (χ0) is 17.1. The first-order valence-corrected chi connectivity index (χ1v) is 10.1. The SMILES string of the molecule is CC(C)CN(CC(C)C)S(=O)(=O)c1cccc(S(N)(=O)=O)c1. The number of sulfonamides is 2. The Hall–Kier alpha value is -0.960. The molecule has 0 aliphatic heterocycles. The van der Waals surface area contributed by atoms with Crippen LogP contribution in [-0.2, 0) is 20.0 Å². The lowest BCUT2D eigenvalue weighted by Gasteiger charge is -2.25. The fourth-order valence-electron chi connectivity index (χ4n) is 2.05. The topological polar surface area (TPSA) is 97.5 Å². The quantitative estimate of drug-likeness (QED) is 0.810. The highest BCUT2D eigenvalue weighted by Crippen LogP contribution is 2.21. The highest BCUT2D eigenvalue weighted by atomic mass is 32.2. The highest BCUT2D eigenvalue weighted by molar-refractivity contribution is 7.90. The van der Waals surface area contributed by atoms with E-state index in [1.807, 2.05) is 27.7 Å². The van der Waals surface area contributed by atoms with E-state index < -0.39 is 20.0 Å². The molecule has 0 saturated carbocycles. The summed E-state index contributed by atoms with van der Waals surface area (Å²) in [6.45, 7) is 8.49. The standard InChI is InChI=1S/C14H24N2O4S2/c1-11(2)9-16(10-12(3)4)22(19,20)14-7-5-6-13(8-14)21(15,17)18/h5-8,11-12H,9-10H2,1-4H3,(H2,15,17,18). The van der Waals surface area contributed by atoms with Crippen molar-refractivity contribution in [3.05, 3.63) is 24.3 Å². The molecule has 0 radical (unpaired) electrons. The third-order valence-electron chi connectivity index (χ3n) is 2.91. The van der Waals surface area contributed by atoms with E-state index in [0.29, 0.717) is 13.1 Å². The molecular weight excluding hydrogens is 324 g/mol. The van der Waals surface area contributed by atoms with E-state index in [1.165, 1.54) is 22.5 Å². The summed E-state index contributed by atoms with van der Waals surface area (Å²) in [5.74, 6) is 0.324. The second kappa shape index (κ2) is 7.08. The van der Waals surface area contributed by atoms with Crippen LogP contribution in [0.4, 0.5) is 0 Å². The zero-order valence-corrected chi connectivity index (χ0v) is 15.0. The first-order valence-electron chi connectivity index (χ1n) is 7.07. The second-order valence-electron chi connectivity index (χ2n) is 6.13. The molecule has 0 saturated heterocycles. The summed E-state index contributed by atoms with van der Waals surface area (Å²) < 4.78 is 49.8. The first-order chi connectivity index (χ1) is 9.94. The number of nitrogens with two attached hydrogens (primary N) is 1. The van der Waals surface area contributed by atoms with Crippen LogP contribution in [0.5, 0.6) is 0 Å². The lowest BCUT2D eigenvalue weighted by atomic mass is 10.2. The Balaban J connectivity index is 3.30. The highest BCUT2D eigenvalue weighted by Gasteiger charge is 2.26. The summed E-state index contributed by atoms with van der Waals surface area (Å²) in [5.41, 5.74) is 0. The maximum atomic E-state index is 12.8. The van der Waals surface area contributed by atoms with Gasteiger partial charge in [-0.1, -0.05) is 33.8 Å². The molecule has 0 aliphatic carbocycles. The Morgan fingerprint density at radius 2 is 1.41 bits per heavy atom. The van der Waals surface area contributed by atoms with Gasteiger partial charge >= 0.3 is 0 Å². The van der Waals surface area contributed by atoms with Gasteiger partial charge < -0.3 is 0 Å². The van der Waals surface area contributed by atoms with Gasteiger partial charge in [0.15, 0.2) is 0 Å². The van der Waals surface area contributed by atoms with Crippen LogP contribution in [0, 0.1) is 11.8 Å². The number of hydrogen-bond donors (Lipinski definition) is 1. The van der Waals surface area contributed by atoms with E-state index in [4.69, 9.17) is 5.14 Å². The lowest BCUT2D eigenvalue weighted by molar-refractivity contribution is 0.333. The first kappa shape index (κ1) is 19.1. The van der Waals surface area contributed by atoms with E-state index in [0.717, 1.165) is 6.07 Å². The second-order valence-corrected chi connectivity index (χ2v) is 9.63. The average molecular weight is 348 g/mol. The molecule has 0 fully saturated rings. The minimum absolute atomic E-state index is 0.0553. The van der Waals surface area contributed by atoms with Gasteiger partial charge in [0.2, 0.25) is 20.0 Å². The van der Waals surface area contributed by atoms with Crippen molar-refractivity contribution in [3.8, 4) is 0 Å². The van der Waals surface area contributed by atoms with Gasteiger partial charge in [0, 0.05) is 13.1 Å². The smallest absolute Gasteiger partial charge is 0.225 e. The zero-order valence-electron chi connectivity index (χ0n) is 13.4. The number of rotatable bonds is 7. The molecule has 0 spiro atoms.